The van der Waals surface area contributed by atoms with Gasteiger partial charge in [-0.2, -0.15) is 5.10 Å². The van der Waals surface area contributed by atoms with Crippen LogP contribution in [0.4, 0.5) is 0 Å². The van der Waals surface area contributed by atoms with Crippen molar-refractivity contribution in [3.8, 4) is 11.5 Å². The fourth-order valence-electron chi connectivity index (χ4n) is 2.12. The van der Waals surface area contributed by atoms with Crippen molar-refractivity contribution in [3.05, 3.63) is 52.2 Å². The van der Waals surface area contributed by atoms with Gasteiger partial charge in [-0.25, -0.2) is 5.43 Å². The molecule has 0 saturated carbocycles. The number of allylic oxidation sites excluding steroid dienone is 1. The molecule has 2 N–H and O–H groups in total. The molecule has 0 aliphatic carbocycles. The minimum atomic E-state index is -0.397. The number of ether oxygens (including phenoxy) is 2. The van der Waals surface area contributed by atoms with Crippen molar-refractivity contribution < 1.29 is 19.1 Å². The smallest absolute Gasteiger partial charge is 0.261 e. The molecule has 26 heavy (non-hydrogen) atoms. The summed E-state index contributed by atoms with van der Waals surface area (Å²) in [6.07, 6.45) is 3.62. The molecule has 2 heterocycles. The van der Waals surface area contributed by atoms with Gasteiger partial charge in [-0.1, -0.05) is 18.2 Å². The Balaban J connectivity index is 1.47. The van der Waals surface area contributed by atoms with Gasteiger partial charge in [0.05, 0.1) is 17.1 Å². The lowest BCUT2D eigenvalue weighted by Gasteiger charge is -2.03. The molecule has 8 heteroatoms. The predicted molar refractivity (Wildman–Crippen MR) is 99.5 cm³/mol. The molecule has 2 amide bonds. The normalized spacial score (nSPS) is 13.0. The van der Waals surface area contributed by atoms with Gasteiger partial charge in [0.1, 0.15) is 0 Å². The van der Waals surface area contributed by atoms with Crippen LogP contribution >= 0.6 is 11.3 Å². The zero-order chi connectivity index (χ0) is 18.4. The minimum Gasteiger partial charge on any atom is -0.454 e. The molecule has 0 atom stereocenters. The largest absolute Gasteiger partial charge is 0.454 e. The van der Waals surface area contributed by atoms with E-state index in [1.54, 1.807) is 30.5 Å². The van der Waals surface area contributed by atoms with Crippen molar-refractivity contribution >= 4 is 34.9 Å². The number of fused-ring (bicyclic) bond motifs is 1. The number of amides is 2. The summed E-state index contributed by atoms with van der Waals surface area (Å²) in [6.45, 7) is 1.85. The van der Waals surface area contributed by atoms with Crippen molar-refractivity contribution in [2.24, 2.45) is 5.10 Å². The fourth-order valence-corrected chi connectivity index (χ4v) is 2.76. The van der Waals surface area contributed by atoms with Gasteiger partial charge < -0.3 is 14.8 Å². The van der Waals surface area contributed by atoms with Gasteiger partial charge in [0.25, 0.3) is 11.8 Å². The average molecular weight is 371 g/mol. The van der Waals surface area contributed by atoms with Crippen molar-refractivity contribution in [2.75, 3.05) is 13.3 Å². The molecule has 1 aliphatic heterocycles. The minimum absolute atomic E-state index is 0.139. The third-order valence-corrected chi connectivity index (χ3v) is 4.29. The van der Waals surface area contributed by atoms with Crippen LogP contribution in [0.5, 0.6) is 11.5 Å². The fraction of sp³-hybridized carbons (Fsp3) is 0.167. The highest BCUT2D eigenvalue weighted by Crippen LogP contribution is 2.32. The van der Waals surface area contributed by atoms with Crippen LogP contribution in [-0.4, -0.2) is 30.9 Å². The van der Waals surface area contributed by atoms with Crippen molar-refractivity contribution in [1.82, 2.24) is 10.7 Å². The quantitative estimate of drug-likeness (QED) is 0.603. The number of hydrogen-bond donors (Lipinski definition) is 2. The molecule has 134 valence electrons. The van der Waals surface area contributed by atoms with Crippen molar-refractivity contribution in [2.45, 2.75) is 6.92 Å². The molecule has 3 rings (SSSR count). The Kier molecular flexibility index (Phi) is 5.65. The summed E-state index contributed by atoms with van der Waals surface area (Å²) in [7, 11) is 0. The Hall–Kier alpha value is -3.13. The number of rotatable bonds is 6. The van der Waals surface area contributed by atoms with Gasteiger partial charge in [-0.15, -0.1) is 11.3 Å². The van der Waals surface area contributed by atoms with Crippen LogP contribution in [0.3, 0.4) is 0 Å². The molecule has 0 bridgehead atoms. The predicted octanol–water partition coefficient (Wildman–Crippen LogP) is 2.41. The van der Waals surface area contributed by atoms with Crippen LogP contribution in [0.15, 0.2) is 46.9 Å². The van der Waals surface area contributed by atoms with E-state index in [0.717, 1.165) is 11.3 Å². The Bertz CT molecular complexity index is 859. The van der Waals surface area contributed by atoms with Gasteiger partial charge in [0.15, 0.2) is 11.5 Å². The van der Waals surface area contributed by atoms with E-state index < -0.39 is 5.91 Å². The molecule has 0 spiro atoms. The highest BCUT2D eigenvalue weighted by molar-refractivity contribution is 7.12. The third-order valence-electron chi connectivity index (χ3n) is 3.43. The number of carbonyl (C=O) groups is 2. The Morgan fingerprint density at radius 1 is 1.27 bits per heavy atom. The summed E-state index contributed by atoms with van der Waals surface area (Å²) in [4.78, 5) is 24.0. The summed E-state index contributed by atoms with van der Waals surface area (Å²) in [5.74, 6) is 0.755. The molecule has 0 fully saturated rings. The Morgan fingerprint density at radius 2 is 2.12 bits per heavy atom. The third kappa shape index (κ3) is 4.70. The number of hydrogen-bond acceptors (Lipinski definition) is 6. The molecule has 1 aliphatic rings. The highest BCUT2D eigenvalue weighted by Gasteiger charge is 2.12. The molecule has 7 nitrogen and oxygen atoms in total. The topological polar surface area (TPSA) is 89.0 Å². The van der Waals surface area contributed by atoms with Gasteiger partial charge in [-0.05, 0) is 42.1 Å². The summed E-state index contributed by atoms with van der Waals surface area (Å²) < 4.78 is 10.6. The first-order valence-corrected chi connectivity index (χ1v) is 8.72. The van der Waals surface area contributed by atoms with Crippen molar-refractivity contribution in [1.29, 1.82) is 0 Å². The maximum Gasteiger partial charge on any atom is 0.261 e. The number of nitrogens with one attached hydrogen (secondary N) is 2. The molecule has 1 aromatic carbocycles. The van der Waals surface area contributed by atoms with E-state index in [4.69, 9.17) is 9.47 Å². The lowest BCUT2D eigenvalue weighted by Crippen LogP contribution is -2.34. The van der Waals surface area contributed by atoms with E-state index in [2.05, 4.69) is 15.8 Å². The molecule has 2 aromatic rings. The van der Waals surface area contributed by atoms with E-state index in [0.29, 0.717) is 16.3 Å². The lowest BCUT2D eigenvalue weighted by atomic mass is 10.2. The molecule has 0 saturated heterocycles. The second-order valence-corrected chi connectivity index (χ2v) is 6.34. The number of benzene rings is 1. The zero-order valence-corrected chi connectivity index (χ0v) is 14.8. The first-order chi connectivity index (χ1) is 12.6. The lowest BCUT2D eigenvalue weighted by molar-refractivity contribution is -0.120. The average Bonchev–Trinajstić information content (AvgIpc) is 3.33. The number of nitrogens with zero attached hydrogens (tertiary/aromatic N) is 1. The van der Waals surface area contributed by atoms with Gasteiger partial charge in [-0.3, -0.25) is 9.59 Å². The maximum atomic E-state index is 11.7. The van der Waals surface area contributed by atoms with E-state index in [-0.39, 0.29) is 19.2 Å². The van der Waals surface area contributed by atoms with Crippen LogP contribution in [0.2, 0.25) is 0 Å². The van der Waals surface area contributed by atoms with Gasteiger partial charge in [0.2, 0.25) is 6.79 Å². The second kappa shape index (κ2) is 8.30. The van der Waals surface area contributed by atoms with Crippen LogP contribution in [0, 0.1) is 0 Å². The van der Waals surface area contributed by atoms with Gasteiger partial charge in [0, 0.05) is 0 Å². The summed E-state index contributed by atoms with van der Waals surface area (Å²) in [6, 6.07) is 9.08. The number of hydrazone groups is 1. The molecule has 0 unspecified atom stereocenters. The van der Waals surface area contributed by atoms with Crippen LogP contribution in [-0.2, 0) is 4.79 Å². The van der Waals surface area contributed by atoms with E-state index in [1.165, 1.54) is 11.3 Å². The first kappa shape index (κ1) is 17.7. The molecular weight excluding hydrogens is 354 g/mol. The Morgan fingerprint density at radius 3 is 2.92 bits per heavy atom. The Labute approximate surface area is 154 Å². The summed E-state index contributed by atoms with van der Waals surface area (Å²) >= 11 is 1.32. The molecule has 0 radical (unpaired) electrons. The standard InChI is InChI=1S/C18H17N3O4S/c1-12(4-5-13-6-7-14-15(9-13)25-11-24-14)20-21-17(22)10-19-18(23)16-3-2-8-26-16/h2-9H,10-11H2,1H3,(H,19,23)(H,21,22). The summed E-state index contributed by atoms with van der Waals surface area (Å²) in [5.41, 5.74) is 3.94. The van der Waals surface area contributed by atoms with Gasteiger partial charge >= 0.3 is 0 Å². The molecular formula is C18H17N3O4S. The second-order valence-electron chi connectivity index (χ2n) is 5.39. The maximum absolute atomic E-state index is 11.7. The van der Waals surface area contributed by atoms with Crippen molar-refractivity contribution in [3.63, 3.8) is 0 Å². The monoisotopic (exact) mass is 371 g/mol. The highest BCUT2D eigenvalue weighted by atomic mass is 32.1. The number of carbonyl (C=O) groups excluding carboxylic acids is 2. The van der Waals surface area contributed by atoms with Crippen LogP contribution < -0.4 is 20.2 Å². The van der Waals surface area contributed by atoms with E-state index in [9.17, 15) is 9.59 Å². The van der Waals surface area contributed by atoms with Crippen LogP contribution in [0.1, 0.15) is 22.2 Å². The van der Waals surface area contributed by atoms with E-state index in [1.807, 2.05) is 24.3 Å². The summed E-state index contributed by atoms with van der Waals surface area (Å²) in [5, 5.41) is 8.32. The SMILES string of the molecule is CC(C=Cc1ccc2c(c1)OCO2)=NNC(=O)CNC(=O)c1cccs1. The van der Waals surface area contributed by atoms with E-state index >= 15 is 0 Å². The number of thiophene rings is 1. The zero-order valence-electron chi connectivity index (χ0n) is 14.0. The first-order valence-electron chi connectivity index (χ1n) is 7.84. The van der Waals surface area contributed by atoms with Crippen LogP contribution in [0.25, 0.3) is 6.08 Å². The molecule has 1 aromatic heterocycles.